The zero-order chi connectivity index (χ0) is 28.2. The molecule has 1 aromatic carbocycles. The standard InChI is InChI=1S/C32H37ClN6O2/c33-29-17-22(28-19-35-31-27(28)7-4-16-34-31)18-30(38-29)37-25-10-8-23(9-11-25)36-24-12-14-26(15-13-24)39(32(40)41)20-21-5-2-1-3-6-21/h1-7,16-19,23-26,36H,8-15,20H2,(H,34,35)(H,37,38)(H,40,41). The summed E-state index contributed by atoms with van der Waals surface area (Å²) in [4.78, 5) is 25.8. The van der Waals surface area contributed by atoms with Crippen molar-refractivity contribution in [3.8, 4) is 11.1 Å². The molecule has 214 valence electrons. The number of pyridine rings is 2. The van der Waals surface area contributed by atoms with Crippen LogP contribution in [0.1, 0.15) is 56.9 Å². The number of aromatic nitrogens is 3. The first-order valence-corrected chi connectivity index (χ1v) is 15.1. The summed E-state index contributed by atoms with van der Waals surface area (Å²) >= 11 is 6.43. The number of nitrogens with zero attached hydrogens (tertiary/aromatic N) is 3. The Labute approximate surface area is 245 Å². The Morgan fingerprint density at radius 3 is 2.39 bits per heavy atom. The van der Waals surface area contributed by atoms with Gasteiger partial charge in [0.05, 0.1) is 0 Å². The lowest BCUT2D eigenvalue weighted by Gasteiger charge is -2.38. The zero-order valence-corrected chi connectivity index (χ0v) is 23.9. The molecule has 0 saturated heterocycles. The van der Waals surface area contributed by atoms with Crippen LogP contribution in [0.3, 0.4) is 0 Å². The highest BCUT2D eigenvalue weighted by atomic mass is 35.5. The second-order valence-electron chi connectivity index (χ2n) is 11.4. The number of carbonyl (C=O) groups is 1. The van der Waals surface area contributed by atoms with E-state index in [0.717, 1.165) is 84.9 Å². The van der Waals surface area contributed by atoms with Crippen LogP contribution in [0.15, 0.2) is 67.0 Å². The van der Waals surface area contributed by atoms with Crippen LogP contribution < -0.4 is 10.6 Å². The molecule has 2 fully saturated rings. The molecule has 0 radical (unpaired) electrons. The van der Waals surface area contributed by atoms with Crippen molar-refractivity contribution < 1.29 is 9.90 Å². The SMILES string of the molecule is O=C(O)N(Cc1ccccc1)C1CCC(NC2CCC(Nc3cc(-c4c[nH]c5ncccc45)cc(Cl)n3)CC2)CC1. The predicted octanol–water partition coefficient (Wildman–Crippen LogP) is 7.08. The van der Waals surface area contributed by atoms with E-state index in [-0.39, 0.29) is 6.04 Å². The lowest BCUT2D eigenvalue weighted by atomic mass is 9.86. The lowest BCUT2D eigenvalue weighted by molar-refractivity contribution is 0.100. The molecular weight excluding hydrogens is 536 g/mol. The maximum absolute atomic E-state index is 12.0. The van der Waals surface area contributed by atoms with E-state index in [2.05, 4.69) is 37.7 Å². The van der Waals surface area contributed by atoms with Gasteiger partial charge in [-0.1, -0.05) is 41.9 Å². The van der Waals surface area contributed by atoms with Gasteiger partial charge in [-0.2, -0.15) is 0 Å². The van der Waals surface area contributed by atoms with E-state index >= 15 is 0 Å². The number of fused-ring (bicyclic) bond motifs is 1. The van der Waals surface area contributed by atoms with Crippen LogP contribution in [-0.4, -0.2) is 55.2 Å². The average molecular weight is 573 g/mol. The van der Waals surface area contributed by atoms with Crippen LogP contribution in [0.2, 0.25) is 5.15 Å². The number of amides is 1. The fourth-order valence-electron chi connectivity index (χ4n) is 6.56. The van der Waals surface area contributed by atoms with Gasteiger partial charge in [-0.25, -0.2) is 14.8 Å². The normalized spacial score (nSPS) is 22.9. The van der Waals surface area contributed by atoms with E-state index in [0.29, 0.717) is 29.8 Å². The van der Waals surface area contributed by atoms with E-state index in [1.165, 1.54) is 0 Å². The molecule has 0 atom stereocenters. The smallest absolute Gasteiger partial charge is 0.407 e. The van der Waals surface area contributed by atoms with Crippen molar-refractivity contribution in [1.29, 1.82) is 0 Å². The number of hydrogen-bond acceptors (Lipinski definition) is 5. The van der Waals surface area contributed by atoms with Crippen molar-refractivity contribution in [2.24, 2.45) is 0 Å². The fraction of sp³-hybridized carbons (Fsp3) is 0.406. The number of benzene rings is 1. The van der Waals surface area contributed by atoms with Crippen LogP contribution in [0.4, 0.5) is 10.6 Å². The van der Waals surface area contributed by atoms with Gasteiger partial charge in [-0.15, -0.1) is 0 Å². The third kappa shape index (κ3) is 6.66. The van der Waals surface area contributed by atoms with Crippen LogP contribution in [-0.2, 0) is 6.54 Å². The molecule has 1 amide bonds. The minimum Gasteiger partial charge on any atom is -0.465 e. The Morgan fingerprint density at radius 1 is 0.951 bits per heavy atom. The van der Waals surface area contributed by atoms with E-state index in [1.807, 2.05) is 48.7 Å². The summed E-state index contributed by atoms with van der Waals surface area (Å²) in [5, 5.41) is 18.9. The minimum absolute atomic E-state index is 0.0845. The summed E-state index contributed by atoms with van der Waals surface area (Å²) in [6.07, 6.45) is 11.1. The van der Waals surface area contributed by atoms with Crippen LogP contribution >= 0.6 is 11.6 Å². The van der Waals surface area contributed by atoms with Gasteiger partial charge in [0.1, 0.15) is 16.6 Å². The largest absolute Gasteiger partial charge is 0.465 e. The van der Waals surface area contributed by atoms with Gasteiger partial charge < -0.3 is 25.6 Å². The van der Waals surface area contributed by atoms with Gasteiger partial charge in [0.25, 0.3) is 0 Å². The molecule has 0 bridgehead atoms. The molecule has 3 aromatic heterocycles. The molecule has 0 aliphatic heterocycles. The molecule has 2 aliphatic carbocycles. The Hall–Kier alpha value is -3.62. The predicted molar refractivity (Wildman–Crippen MR) is 163 cm³/mol. The third-order valence-electron chi connectivity index (χ3n) is 8.69. The Morgan fingerprint density at radius 2 is 1.66 bits per heavy atom. The molecule has 9 heteroatoms. The first-order chi connectivity index (χ1) is 20.0. The number of hydrogen-bond donors (Lipinski definition) is 4. The number of aromatic amines is 1. The fourth-order valence-corrected chi connectivity index (χ4v) is 6.76. The van der Waals surface area contributed by atoms with E-state index in [4.69, 9.17) is 11.6 Å². The van der Waals surface area contributed by atoms with Gasteiger partial charge in [-0.05, 0) is 86.8 Å². The van der Waals surface area contributed by atoms with Gasteiger partial charge in [0.15, 0.2) is 0 Å². The summed E-state index contributed by atoms with van der Waals surface area (Å²) in [5.41, 5.74) is 3.98. The van der Waals surface area contributed by atoms with E-state index < -0.39 is 6.09 Å². The maximum atomic E-state index is 12.0. The van der Waals surface area contributed by atoms with Crippen molar-refractivity contribution in [2.75, 3.05) is 5.32 Å². The third-order valence-corrected chi connectivity index (χ3v) is 8.88. The van der Waals surface area contributed by atoms with Crippen LogP contribution in [0, 0.1) is 0 Å². The molecule has 2 aliphatic rings. The molecule has 4 N–H and O–H groups in total. The summed E-state index contributed by atoms with van der Waals surface area (Å²) in [6, 6.07) is 19.2. The lowest BCUT2D eigenvalue weighted by Crippen LogP contribution is -2.47. The van der Waals surface area contributed by atoms with E-state index in [9.17, 15) is 9.90 Å². The summed E-state index contributed by atoms with van der Waals surface area (Å²) in [6.45, 7) is 0.456. The highest BCUT2D eigenvalue weighted by Crippen LogP contribution is 2.32. The quantitative estimate of drug-likeness (QED) is 0.168. The number of H-pyrrole nitrogens is 1. The number of anilines is 1. The highest BCUT2D eigenvalue weighted by molar-refractivity contribution is 6.29. The van der Waals surface area contributed by atoms with Crippen LogP contribution in [0.25, 0.3) is 22.2 Å². The molecule has 4 aromatic rings. The molecular formula is C32H37ClN6O2. The molecule has 6 rings (SSSR count). The number of halogens is 1. The average Bonchev–Trinajstić information content (AvgIpc) is 3.42. The van der Waals surface area contributed by atoms with Crippen LogP contribution in [0.5, 0.6) is 0 Å². The van der Waals surface area contributed by atoms with Gasteiger partial charge in [0.2, 0.25) is 0 Å². The van der Waals surface area contributed by atoms with Crippen molar-refractivity contribution in [3.63, 3.8) is 0 Å². The second-order valence-corrected chi connectivity index (χ2v) is 11.8. The molecule has 8 nitrogen and oxygen atoms in total. The highest BCUT2D eigenvalue weighted by Gasteiger charge is 2.31. The Balaban J connectivity index is 0.987. The van der Waals surface area contributed by atoms with Crippen molar-refractivity contribution >= 4 is 34.5 Å². The first-order valence-electron chi connectivity index (χ1n) is 14.7. The first kappa shape index (κ1) is 27.5. The number of carboxylic acid groups (broad SMARTS) is 1. The van der Waals surface area contributed by atoms with E-state index in [1.54, 1.807) is 11.1 Å². The summed E-state index contributed by atoms with van der Waals surface area (Å²) in [5.74, 6) is 0.805. The number of rotatable bonds is 8. The zero-order valence-electron chi connectivity index (χ0n) is 23.1. The summed E-state index contributed by atoms with van der Waals surface area (Å²) in [7, 11) is 0. The molecule has 3 heterocycles. The second kappa shape index (κ2) is 12.5. The van der Waals surface area contributed by atoms with Crippen molar-refractivity contribution in [1.82, 2.24) is 25.2 Å². The number of nitrogens with one attached hydrogen (secondary N) is 3. The molecule has 0 unspecified atom stereocenters. The van der Waals surface area contributed by atoms with Gasteiger partial charge >= 0.3 is 6.09 Å². The van der Waals surface area contributed by atoms with Gasteiger partial charge in [0, 0.05) is 54.1 Å². The molecule has 0 spiro atoms. The molecule has 2 saturated carbocycles. The Kier molecular flexibility index (Phi) is 8.39. The van der Waals surface area contributed by atoms with Crippen molar-refractivity contribution in [2.45, 2.75) is 82.1 Å². The monoisotopic (exact) mass is 572 g/mol. The molecule has 41 heavy (non-hydrogen) atoms. The van der Waals surface area contributed by atoms with Gasteiger partial charge in [-0.3, -0.25) is 0 Å². The van der Waals surface area contributed by atoms with Crippen molar-refractivity contribution in [3.05, 3.63) is 77.7 Å². The summed E-state index contributed by atoms with van der Waals surface area (Å²) < 4.78 is 0. The Bertz CT molecular complexity index is 1460. The maximum Gasteiger partial charge on any atom is 0.407 e. The minimum atomic E-state index is -0.823. The topological polar surface area (TPSA) is 106 Å².